The molecule has 2 N–H and O–H groups in total. The van der Waals surface area contributed by atoms with Gasteiger partial charge in [-0.2, -0.15) is 5.10 Å². The van der Waals surface area contributed by atoms with E-state index in [4.69, 9.17) is 17.0 Å². The highest BCUT2D eigenvalue weighted by molar-refractivity contribution is 7.80. The molecule has 152 valence electrons. The van der Waals surface area contributed by atoms with Crippen LogP contribution in [0.1, 0.15) is 43.8 Å². The average molecular weight is 424 g/mol. The quantitative estimate of drug-likeness (QED) is 0.545. The van der Waals surface area contributed by atoms with Gasteiger partial charge in [-0.15, -0.1) is 11.3 Å². The lowest BCUT2D eigenvalue weighted by Gasteiger charge is -2.10. The Bertz CT molecular complexity index is 901. The summed E-state index contributed by atoms with van der Waals surface area (Å²) in [7, 11) is 4.64. The molecule has 0 spiro atoms. The van der Waals surface area contributed by atoms with Crippen molar-refractivity contribution in [1.29, 1.82) is 0 Å². The Hall–Kier alpha value is -2.46. The van der Waals surface area contributed by atoms with E-state index in [0.29, 0.717) is 32.7 Å². The number of carbonyl (C=O) groups excluding carboxylic acids is 2. The molecule has 2 heterocycles. The Kier molecular flexibility index (Phi) is 7.14. The summed E-state index contributed by atoms with van der Waals surface area (Å²) < 4.78 is 6.79. The smallest absolute Gasteiger partial charge is 0.341 e. The van der Waals surface area contributed by atoms with Crippen LogP contribution in [-0.2, 0) is 17.8 Å². The first-order valence-corrected chi connectivity index (χ1v) is 9.93. The first kappa shape index (κ1) is 21.8. The van der Waals surface area contributed by atoms with Gasteiger partial charge in [0.2, 0.25) is 0 Å². The van der Waals surface area contributed by atoms with E-state index < -0.39 is 5.97 Å². The van der Waals surface area contributed by atoms with Gasteiger partial charge < -0.3 is 20.3 Å². The molecule has 10 heteroatoms. The third-order valence-electron chi connectivity index (χ3n) is 4.31. The number of esters is 1. The molecule has 8 nitrogen and oxygen atoms in total. The third-order valence-corrected chi connectivity index (χ3v) is 5.75. The molecule has 0 bridgehead atoms. The predicted molar refractivity (Wildman–Crippen MR) is 114 cm³/mol. The summed E-state index contributed by atoms with van der Waals surface area (Å²) >= 11 is 6.56. The zero-order valence-corrected chi connectivity index (χ0v) is 18.5. The van der Waals surface area contributed by atoms with Crippen LogP contribution in [0.4, 0.5) is 5.00 Å². The number of hydrogen-bond donors (Lipinski definition) is 2. The van der Waals surface area contributed by atoms with Crippen LogP contribution in [0.5, 0.6) is 0 Å². The molecule has 0 fully saturated rings. The molecule has 1 amide bonds. The lowest BCUT2D eigenvalue weighted by molar-refractivity contribution is 0.0601. The number of ether oxygens (including phenoxy) is 1. The molecule has 2 aromatic rings. The molecular formula is C18H25N5O3S2. The highest BCUT2D eigenvalue weighted by Gasteiger charge is 2.26. The second-order valence-electron chi connectivity index (χ2n) is 6.33. The highest BCUT2D eigenvalue weighted by atomic mass is 32.1. The molecule has 0 aliphatic heterocycles. The molecule has 0 unspecified atom stereocenters. The van der Waals surface area contributed by atoms with Gasteiger partial charge in [-0.05, 0) is 38.6 Å². The van der Waals surface area contributed by atoms with Crippen molar-refractivity contribution in [3.63, 3.8) is 0 Å². The number of thiophene rings is 1. The number of amides is 1. The standard InChI is InChI=1S/C18H25N5O3S2/c1-7-23-11(3)12(9-20-23)8-19-18(27)21-15-13(17(25)26-6)10(2)14(28-15)16(24)22(4)5/h9H,7-8H2,1-6H3,(H2,19,21,27). The molecule has 0 radical (unpaired) electrons. The van der Waals surface area contributed by atoms with Gasteiger partial charge in [0, 0.05) is 38.4 Å². The zero-order chi connectivity index (χ0) is 21.0. The largest absolute Gasteiger partial charge is 0.465 e. The minimum absolute atomic E-state index is 0.179. The Morgan fingerprint density at radius 1 is 1.36 bits per heavy atom. The number of methoxy groups -OCH3 is 1. The van der Waals surface area contributed by atoms with Crippen molar-refractivity contribution >= 4 is 45.5 Å². The summed E-state index contributed by atoms with van der Waals surface area (Å²) in [6, 6.07) is 0. The minimum atomic E-state index is -0.517. The normalized spacial score (nSPS) is 10.5. The second kappa shape index (κ2) is 9.16. The fourth-order valence-electron chi connectivity index (χ4n) is 2.66. The number of nitrogens with one attached hydrogen (secondary N) is 2. The molecular weight excluding hydrogens is 398 g/mol. The Labute approximate surface area is 173 Å². The zero-order valence-electron chi connectivity index (χ0n) is 16.9. The van der Waals surface area contributed by atoms with Gasteiger partial charge in [-0.25, -0.2) is 4.79 Å². The van der Waals surface area contributed by atoms with E-state index >= 15 is 0 Å². The maximum Gasteiger partial charge on any atom is 0.341 e. The van der Waals surface area contributed by atoms with Gasteiger partial charge in [0.15, 0.2) is 5.11 Å². The van der Waals surface area contributed by atoms with Crippen molar-refractivity contribution in [3.8, 4) is 0 Å². The summed E-state index contributed by atoms with van der Waals surface area (Å²) in [5.74, 6) is -0.695. The van der Waals surface area contributed by atoms with Crippen LogP contribution in [0.2, 0.25) is 0 Å². The highest BCUT2D eigenvalue weighted by Crippen LogP contribution is 2.34. The second-order valence-corrected chi connectivity index (χ2v) is 7.76. The summed E-state index contributed by atoms with van der Waals surface area (Å²) in [5.41, 5.74) is 2.99. The SMILES string of the molecule is CCn1ncc(CNC(=S)Nc2sc(C(=O)N(C)C)c(C)c2C(=O)OC)c1C. The van der Waals surface area contributed by atoms with Crippen LogP contribution < -0.4 is 10.6 Å². The summed E-state index contributed by atoms with van der Waals surface area (Å²) in [6.07, 6.45) is 1.80. The fourth-order valence-corrected chi connectivity index (χ4v) is 4.12. The van der Waals surface area contributed by atoms with Crippen molar-refractivity contribution in [2.24, 2.45) is 0 Å². The maximum absolute atomic E-state index is 12.4. The summed E-state index contributed by atoms with van der Waals surface area (Å²) in [4.78, 5) is 26.6. The summed E-state index contributed by atoms with van der Waals surface area (Å²) in [5, 5.41) is 11.3. The van der Waals surface area contributed by atoms with Crippen molar-refractivity contribution < 1.29 is 14.3 Å². The van der Waals surface area contributed by atoms with Crippen LogP contribution in [0.25, 0.3) is 0 Å². The first-order chi connectivity index (χ1) is 13.2. The number of carbonyl (C=O) groups is 2. The van der Waals surface area contributed by atoms with Crippen molar-refractivity contribution in [1.82, 2.24) is 20.0 Å². The van der Waals surface area contributed by atoms with E-state index in [1.54, 1.807) is 27.2 Å². The van der Waals surface area contributed by atoms with Gasteiger partial charge >= 0.3 is 5.97 Å². The molecule has 28 heavy (non-hydrogen) atoms. The maximum atomic E-state index is 12.4. The number of aromatic nitrogens is 2. The van der Waals surface area contributed by atoms with Gasteiger partial charge in [0.05, 0.1) is 23.7 Å². The Balaban J connectivity index is 2.20. The van der Waals surface area contributed by atoms with E-state index in [-0.39, 0.29) is 5.91 Å². The van der Waals surface area contributed by atoms with Crippen LogP contribution in [-0.4, -0.2) is 52.9 Å². The molecule has 0 atom stereocenters. The van der Waals surface area contributed by atoms with Crippen molar-refractivity contribution in [2.75, 3.05) is 26.5 Å². The monoisotopic (exact) mass is 423 g/mol. The summed E-state index contributed by atoms with van der Waals surface area (Å²) in [6.45, 7) is 7.06. The van der Waals surface area contributed by atoms with Crippen molar-refractivity contribution in [2.45, 2.75) is 33.9 Å². The van der Waals surface area contributed by atoms with Gasteiger partial charge in [0.25, 0.3) is 5.91 Å². The number of anilines is 1. The van der Waals surface area contributed by atoms with Gasteiger partial charge in [-0.3, -0.25) is 9.48 Å². The Morgan fingerprint density at radius 3 is 2.57 bits per heavy atom. The third kappa shape index (κ3) is 4.50. The van der Waals surface area contributed by atoms with Crippen LogP contribution in [0.3, 0.4) is 0 Å². The Morgan fingerprint density at radius 2 is 2.04 bits per heavy atom. The molecule has 0 aliphatic rings. The average Bonchev–Trinajstić information content (AvgIpc) is 3.18. The molecule has 0 saturated carbocycles. The van der Waals surface area contributed by atoms with Gasteiger partial charge in [-0.1, -0.05) is 0 Å². The number of aryl methyl sites for hydroxylation is 1. The number of nitrogens with zero attached hydrogens (tertiary/aromatic N) is 3. The molecule has 0 saturated heterocycles. The van der Waals surface area contributed by atoms with E-state index in [1.165, 1.54) is 23.3 Å². The molecule has 0 aliphatic carbocycles. The van der Waals surface area contributed by atoms with Crippen LogP contribution >= 0.6 is 23.6 Å². The topological polar surface area (TPSA) is 88.5 Å². The first-order valence-electron chi connectivity index (χ1n) is 8.70. The van der Waals surface area contributed by atoms with Crippen LogP contribution in [0.15, 0.2) is 6.20 Å². The number of hydrogen-bond acceptors (Lipinski definition) is 6. The molecule has 2 rings (SSSR count). The van der Waals surface area contributed by atoms with Gasteiger partial charge in [0.1, 0.15) is 5.00 Å². The molecule has 2 aromatic heterocycles. The minimum Gasteiger partial charge on any atom is -0.465 e. The number of rotatable bonds is 6. The van der Waals surface area contributed by atoms with E-state index in [0.717, 1.165) is 17.8 Å². The van der Waals surface area contributed by atoms with E-state index in [9.17, 15) is 9.59 Å². The van der Waals surface area contributed by atoms with Crippen molar-refractivity contribution in [3.05, 3.63) is 33.5 Å². The predicted octanol–water partition coefficient (Wildman–Crippen LogP) is 2.56. The van der Waals surface area contributed by atoms with E-state index in [2.05, 4.69) is 15.7 Å². The molecule has 0 aromatic carbocycles. The van der Waals surface area contributed by atoms with E-state index in [1.807, 2.05) is 18.5 Å². The van der Waals surface area contributed by atoms with Crippen LogP contribution in [0, 0.1) is 13.8 Å². The number of thiocarbonyl (C=S) groups is 1. The lowest BCUT2D eigenvalue weighted by atomic mass is 10.1. The lowest BCUT2D eigenvalue weighted by Crippen LogP contribution is -2.28. The fraction of sp³-hybridized carbons (Fsp3) is 0.444.